The molecule has 2 aromatic heterocycles. The van der Waals surface area contributed by atoms with Crippen LogP contribution in [0.25, 0.3) is 5.65 Å². The molecule has 0 aliphatic heterocycles. The number of hydrogen-bond donors (Lipinski definition) is 1. The Balaban J connectivity index is 2.07. The maximum absolute atomic E-state index is 9.12. The zero-order valence-corrected chi connectivity index (χ0v) is 11.4. The zero-order chi connectivity index (χ0) is 14.7. The largest absolute Gasteiger partial charge is 0.434 e. The van der Waals surface area contributed by atoms with E-state index in [-0.39, 0.29) is 0 Å². The van der Waals surface area contributed by atoms with Crippen LogP contribution in [0.2, 0.25) is 0 Å². The molecule has 0 atom stereocenters. The number of rotatable bonds is 4. The topological polar surface area (TPSA) is 75.2 Å². The fourth-order valence-electron chi connectivity index (χ4n) is 1.99. The van der Waals surface area contributed by atoms with Crippen LogP contribution in [-0.2, 0) is 0 Å². The minimum atomic E-state index is 0.362. The molecule has 0 saturated carbocycles. The Hall–Kier alpha value is -3.07. The number of imidazole rings is 1. The average Bonchev–Trinajstić information content (AvgIpc) is 2.97. The van der Waals surface area contributed by atoms with Crippen LogP contribution in [0.4, 0.5) is 5.82 Å². The lowest BCUT2D eigenvalue weighted by atomic mass is 10.2. The molecule has 104 valence electrons. The molecule has 6 heteroatoms. The molecule has 6 nitrogen and oxygen atoms in total. The summed E-state index contributed by atoms with van der Waals surface area (Å²) in [6, 6.07) is 9.14. The maximum Gasteiger partial charge on any atom is 0.265 e. The molecule has 1 N–H and O–H groups in total. The molecule has 0 amide bonds. The van der Waals surface area contributed by atoms with Gasteiger partial charge in [0.15, 0.2) is 0 Å². The van der Waals surface area contributed by atoms with Gasteiger partial charge in [0.05, 0.1) is 11.8 Å². The van der Waals surface area contributed by atoms with Crippen molar-refractivity contribution in [2.45, 2.75) is 6.92 Å². The van der Waals surface area contributed by atoms with Crippen LogP contribution in [0.5, 0.6) is 11.6 Å². The molecule has 0 bridgehead atoms. The second-order valence-corrected chi connectivity index (χ2v) is 4.33. The number of nitrogens with one attached hydrogen (secondary N) is 1. The highest BCUT2D eigenvalue weighted by Crippen LogP contribution is 2.27. The Morgan fingerprint density at radius 2 is 2.24 bits per heavy atom. The standard InChI is InChI=1S/C15H13N5O/c1-2-17-13-10-20-8-7-18-14(20)15(19-13)21-12-6-4-3-5-11(12)9-16/h3-8,10,17H,2H2,1H3. The van der Waals surface area contributed by atoms with Gasteiger partial charge in [-0.15, -0.1) is 0 Å². The molecule has 0 unspecified atom stereocenters. The van der Waals surface area contributed by atoms with Crippen molar-refractivity contribution in [3.63, 3.8) is 0 Å². The lowest BCUT2D eigenvalue weighted by Gasteiger charge is -2.10. The smallest absolute Gasteiger partial charge is 0.265 e. The number of nitriles is 1. The van der Waals surface area contributed by atoms with E-state index in [1.165, 1.54) is 0 Å². The fraction of sp³-hybridized carbons (Fsp3) is 0.133. The molecule has 0 spiro atoms. The van der Waals surface area contributed by atoms with Crippen LogP contribution in [0, 0.1) is 11.3 Å². The third-order valence-electron chi connectivity index (χ3n) is 2.92. The average molecular weight is 279 g/mol. The first-order valence-electron chi connectivity index (χ1n) is 6.56. The monoisotopic (exact) mass is 279 g/mol. The number of anilines is 1. The normalized spacial score (nSPS) is 10.3. The number of aromatic nitrogens is 3. The second-order valence-electron chi connectivity index (χ2n) is 4.33. The van der Waals surface area contributed by atoms with Gasteiger partial charge >= 0.3 is 0 Å². The molecule has 0 radical (unpaired) electrons. The fourth-order valence-corrected chi connectivity index (χ4v) is 1.99. The van der Waals surface area contributed by atoms with E-state index in [1.807, 2.05) is 29.8 Å². The van der Waals surface area contributed by atoms with E-state index in [1.54, 1.807) is 24.4 Å². The number of ether oxygens (including phenoxy) is 1. The molecule has 3 aromatic rings. The van der Waals surface area contributed by atoms with E-state index in [0.29, 0.717) is 28.7 Å². The van der Waals surface area contributed by atoms with Gasteiger partial charge in [0.25, 0.3) is 5.88 Å². The van der Waals surface area contributed by atoms with Gasteiger partial charge in [-0.1, -0.05) is 12.1 Å². The molecule has 0 fully saturated rings. The summed E-state index contributed by atoms with van der Waals surface area (Å²) in [6.45, 7) is 2.74. The van der Waals surface area contributed by atoms with Gasteiger partial charge < -0.3 is 10.1 Å². The van der Waals surface area contributed by atoms with Gasteiger partial charge in [0.1, 0.15) is 17.6 Å². The van der Waals surface area contributed by atoms with E-state index in [0.717, 1.165) is 6.54 Å². The van der Waals surface area contributed by atoms with E-state index in [4.69, 9.17) is 10.00 Å². The molecule has 0 aliphatic carbocycles. The van der Waals surface area contributed by atoms with Crippen molar-refractivity contribution >= 4 is 11.5 Å². The van der Waals surface area contributed by atoms with Gasteiger partial charge in [-0.25, -0.2) is 4.98 Å². The maximum atomic E-state index is 9.12. The summed E-state index contributed by atoms with van der Waals surface area (Å²) >= 11 is 0. The van der Waals surface area contributed by atoms with Crippen molar-refractivity contribution in [1.29, 1.82) is 5.26 Å². The zero-order valence-electron chi connectivity index (χ0n) is 11.4. The molecule has 0 saturated heterocycles. The Bertz CT molecular complexity index is 818. The highest BCUT2D eigenvalue weighted by Gasteiger charge is 2.11. The van der Waals surface area contributed by atoms with Crippen LogP contribution in [-0.4, -0.2) is 20.9 Å². The highest BCUT2D eigenvalue weighted by atomic mass is 16.5. The predicted octanol–water partition coefficient (Wildman–Crippen LogP) is 2.83. The van der Waals surface area contributed by atoms with Crippen LogP contribution in [0.15, 0.2) is 42.9 Å². The van der Waals surface area contributed by atoms with Gasteiger partial charge in [-0.05, 0) is 19.1 Å². The summed E-state index contributed by atoms with van der Waals surface area (Å²) in [5.74, 6) is 1.51. The first kappa shape index (κ1) is 12.9. The van der Waals surface area contributed by atoms with E-state index in [2.05, 4.69) is 21.4 Å². The molecule has 2 heterocycles. The number of nitrogens with zero attached hydrogens (tertiary/aromatic N) is 4. The van der Waals surface area contributed by atoms with Crippen LogP contribution in [0.3, 0.4) is 0 Å². The third kappa shape index (κ3) is 2.49. The Kier molecular flexibility index (Phi) is 3.39. The minimum Gasteiger partial charge on any atom is -0.434 e. The van der Waals surface area contributed by atoms with E-state index < -0.39 is 0 Å². The van der Waals surface area contributed by atoms with E-state index >= 15 is 0 Å². The van der Waals surface area contributed by atoms with Gasteiger partial charge in [0.2, 0.25) is 5.65 Å². The van der Waals surface area contributed by atoms with Crippen LogP contribution < -0.4 is 10.1 Å². The highest BCUT2D eigenvalue weighted by molar-refractivity contribution is 5.56. The first-order chi connectivity index (χ1) is 10.3. The molecular weight excluding hydrogens is 266 g/mol. The first-order valence-corrected chi connectivity index (χ1v) is 6.56. The summed E-state index contributed by atoms with van der Waals surface area (Å²) in [5, 5.41) is 12.3. The molecule has 3 rings (SSSR count). The Labute approximate surface area is 121 Å². The third-order valence-corrected chi connectivity index (χ3v) is 2.92. The predicted molar refractivity (Wildman–Crippen MR) is 78.4 cm³/mol. The summed E-state index contributed by atoms with van der Waals surface area (Å²) in [6.07, 6.45) is 5.34. The van der Waals surface area contributed by atoms with Crippen molar-refractivity contribution in [3.8, 4) is 17.7 Å². The molecular formula is C15H13N5O. The molecule has 1 aromatic carbocycles. The lowest BCUT2D eigenvalue weighted by Crippen LogP contribution is -2.03. The number of hydrogen-bond acceptors (Lipinski definition) is 5. The number of para-hydroxylation sites is 1. The summed E-state index contributed by atoms with van der Waals surface area (Å²) < 4.78 is 7.63. The summed E-state index contributed by atoms with van der Waals surface area (Å²) in [4.78, 5) is 8.64. The minimum absolute atomic E-state index is 0.362. The van der Waals surface area contributed by atoms with Crippen molar-refractivity contribution in [3.05, 3.63) is 48.4 Å². The number of benzene rings is 1. The van der Waals surface area contributed by atoms with E-state index in [9.17, 15) is 0 Å². The quantitative estimate of drug-likeness (QED) is 0.794. The van der Waals surface area contributed by atoms with Gasteiger partial charge in [-0.3, -0.25) is 4.40 Å². The van der Waals surface area contributed by atoms with Crippen molar-refractivity contribution < 1.29 is 4.74 Å². The van der Waals surface area contributed by atoms with Crippen molar-refractivity contribution in [2.24, 2.45) is 0 Å². The van der Waals surface area contributed by atoms with Crippen molar-refractivity contribution in [1.82, 2.24) is 14.4 Å². The second kappa shape index (κ2) is 5.51. The van der Waals surface area contributed by atoms with Gasteiger partial charge in [0, 0.05) is 18.9 Å². The van der Waals surface area contributed by atoms with Crippen molar-refractivity contribution in [2.75, 3.05) is 11.9 Å². The molecule has 0 aliphatic rings. The Morgan fingerprint density at radius 1 is 1.38 bits per heavy atom. The Morgan fingerprint density at radius 3 is 3.05 bits per heavy atom. The van der Waals surface area contributed by atoms with Gasteiger partial charge in [-0.2, -0.15) is 10.2 Å². The summed E-state index contributed by atoms with van der Waals surface area (Å²) in [5.41, 5.74) is 1.06. The summed E-state index contributed by atoms with van der Waals surface area (Å²) in [7, 11) is 0. The lowest BCUT2D eigenvalue weighted by molar-refractivity contribution is 0.464. The SMILES string of the molecule is CCNc1cn2ccnc2c(Oc2ccccc2C#N)n1. The van der Waals surface area contributed by atoms with Crippen LogP contribution >= 0.6 is 0 Å². The van der Waals surface area contributed by atoms with Crippen LogP contribution in [0.1, 0.15) is 12.5 Å². The molecule has 21 heavy (non-hydrogen) atoms. The number of fused-ring (bicyclic) bond motifs is 1.